The van der Waals surface area contributed by atoms with E-state index in [0.717, 1.165) is 17.1 Å². The van der Waals surface area contributed by atoms with Crippen LogP contribution in [0.15, 0.2) is 60.0 Å². The van der Waals surface area contributed by atoms with Crippen molar-refractivity contribution in [2.45, 2.75) is 19.3 Å². The van der Waals surface area contributed by atoms with E-state index in [-0.39, 0.29) is 11.5 Å². The summed E-state index contributed by atoms with van der Waals surface area (Å²) in [7, 11) is 3.78. The molecule has 166 valence electrons. The number of halogens is 4. The Labute approximate surface area is 182 Å². The van der Waals surface area contributed by atoms with Crippen molar-refractivity contribution in [3.63, 3.8) is 0 Å². The van der Waals surface area contributed by atoms with Crippen molar-refractivity contribution < 1.29 is 27.4 Å². The molecule has 0 amide bonds. The normalized spacial score (nSPS) is 19.0. The molecule has 0 saturated heterocycles. The largest absolute Gasteiger partial charge is 0.573 e. The molecule has 2 aromatic rings. The standard InChI is InChI=1S/C21H21ClF3N3O3/c1-26-13-29-12-18-19(26)27(2)20(28(18)11-14-6-8-15(22)9-7-14)30-16-4-3-5-17(10-16)31-21(23,24)25/h3-10,20H,11-13H2,1-2H3. The number of nitrogens with zero attached hydrogens (tertiary/aromatic N) is 3. The Morgan fingerprint density at radius 1 is 1.10 bits per heavy atom. The summed E-state index contributed by atoms with van der Waals surface area (Å²) >= 11 is 6.00. The van der Waals surface area contributed by atoms with Crippen LogP contribution in [-0.4, -0.2) is 54.8 Å². The van der Waals surface area contributed by atoms with E-state index >= 15 is 0 Å². The summed E-state index contributed by atoms with van der Waals surface area (Å²) in [4.78, 5) is 5.91. The third-order valence-corrected chi connectivity index (χ3v) is 5.22. The third kappa shape index (κ3) is 4.77. The van der Waals surface area contributed by atoms with Gasteiger partial charge in [-0.1, -0.05) is 29.8 Å². The first-order chi connectivity index (χ1) is 14.7. The maximum Gasteiger partial charge on any atom is 0.573 e. The van der Waals surface area contributed by atoms with Gasteiger partial charge in [-0.15, -0.1) is 13.2 Å². The Hall–Kier alpha value is -2.78. The summed E-state index contributed by atoms with van der Waals surface area (Å²) in [6.45, 7) is 1.33. The predicted molar refractivity (Wildman–Crippen MR) is 108 cm³/mol. The van der Waals surface area contributed by atoms with E-state index in [2.05, 4.69) is 4.74 Å². The molecular formula is C21H21ClF3N3O3. The summed E-state index contributed by atoms with van der Waals surface area (Å²) in [5.41, 5.74) is 1.93. The molecule has 2 aromatic carbocycles. The van der Waals surface area contributed by atoms with Gasteiger partial charge < -0.3 is 28.9 Å². The molecule has 1 unspecified atom stereocenters. The number of hydrogen-bond acceptors (Lipinski definition) is 6. The van der Waals surface area contributed by atoms with E-state index in [0.29, 0.717) is 24.9 Å². The van der Waals surface area contributed by atoms with Crippen LogP contribution in [0.2, 0.25) is 5.02 Å². The lowest BCUT2D eigenvalue weighted by Crippen LogP contribution is -2.43. The zero-order valence-corrected chi connectivity index (χ0v) is 17.7. The molecule has 1 atom stereocenters. The Morgan fingerprint density at radius 2 is 1.81 bits per heavy atom. The summed E-state index contributed by atoms with van der Waals surface area (Å²) in [6, 6.07) is 13.0. The van der Waals surface area contributed by atoms with Gasteiger partial charge in [0.2, 0.25) is 0 Å². The van der Waals surface area contributed by atoms with Crippen molar-refractivity contribution in [2.75, 3.05) is 27.4 Å². The number of hydrogen-bond donors (Lipinski definition) is 0. The molecule has 0 fully saturated rings. The van der Waals surface area contributed by atoms with E-state index in [1.807, 2.05) is 53.1 Å². The molecule has 0 spiro atoms. The van der Waals surface area contributed by atoms with Crippen molar-refractivity contribution in [1.29, 1.82) is 0 Å². The van der Waals surface area contributed by atoms with Crippen molar-refractivity contribution >= 4 is 11.6 Å². The minimum absolute atomic E-state index is 0.253. The van der Waals surface area contributed by atoms with E-state index in [1.165, 1.54) is 18.2 Å². The maximum absolute atomic E-state index is 12.6. The van der Waals surface area contributed by atoms with Crippen LogP contribution < -0.4 is 9.47 Å². The Morgan fingerprint density at radius 3 is 2.52 bits per heavy atom. The van der Waals surface area contributed by atoms with Crippen molar-refractivity contribution in [3.05, 3.63) is 70.6 Å². The fourth-order valence-electron chi connectivity index (χ4n) is 3.73. The van der Waals surface area contributed by atoms with Crippen LogP contribution in [0, 0.1) is 0 Å². The fraction of sp³-hybridized carbons (Fsp3) is 0.333. The fourth-order valence-corrected chi connectivity index (χ4v) is 3.85. The lowest BCUT2D eigenvalue weighted by molar-refractivity contribution is -0.274. The van der Waals surface area contributed by atoms with Gasteiger partial charge in [-0.3, -0.25) is 0 Å². The monoisotopic (exact) mass is 455 g/mol. The predicted octanol–water partition coefficient (Wildman–Crippen LogP) is 4.44. The molecular weight excluding hydrogens is 435 g/mol. The highest BCUT2D eigenvalue weighted by Gasteiger charge is 2.41. The van der Waals surface area contributed by atoms with Gasteiger partial charge in [0.25, 0.3) is 6.35 Å². The first kappa shape index (κ1) is 21.5. The summed E-state index contributed by atoms with van der Waals surface area (Å²) in [6.07, 6.45) is -5.37. The van der Waals surface area contributed by atoms with Crippen molar-refractivity contribution in [2.24, 2.45) is 0 Å². The highest BCUT2D eigenvalue weighted by Crippen LogP contribution is 2.36. The smallest absolute Gasteiger partial charge is 0.452 e. The van der Waals surface area contributed by atoms with Crippen molar-refractivity contribution in [1.82, 2.24) is 14.7 Å². The molecule has 4 rings (SSSR count). The molecule has 0 aliphatic carbocycles. The van der Waals surface area contributed by atoms with Gasteiger partial charge in [0.1, 0.15) is 24.1 Å². The molecule has 0 bridgehead atoms. The number of ether oxygens (including phenoxy) is 3. The topological polar surface area (TPSA) is 37.4 Å². The Balaban J connectivity index is 1.62. The SMILES string of the molecule is CN1COCC2=C1N(C)C(Oc1cccc(OC(F)(F)F)c1)N2Cc1ccc(Cl)cc1. The van der Waals surface area contributed by atoms with E-state index in [4.69, 9.17) is 21.1 Å². The molecule has 0 saturated carbocycles. The molecule has 0 aromatic heterocycles. The molecule has 2 aliphatic heterocycles. The average molecular weight is 456 g/mol. The van der Waals surface area contributed by atoms with Crippen LogP contribution >= 0.6 is 11.6 Å². The van der Waals surface area contributed by atoms with Crippen LogP contribution in [-0.2, 0) is 11.3 Å². The van der Waals surface area contributed by atoms with Crippen LogP contribution in [0.4, 0.5) is 13.2 Å². The summed E-state index contributed by atoms with van der Waals surface area (Å²) in [5.74, 6) is 0.851. The van der Waals surface area contributed by atoms with Gasteiger partial charge in [-0.2, -0.15) is 0 Å². The van der Waals surface area contributed by atoms with Gasteiger partial charge in [0.15, 0.2) is 0 Å². The Kier molecular flexibility index (Phi) is 5.81. The highest BCUT2D eigenvalue weighted by atomic mass is 35.5. The maximum atomic E-state index is 12.6. The lowest BCUT2D eigenvalue weighted by Gasteiger charge is -2.32. The van der Waals surface area contributed by atoms with Gasteiger partial charge >= 0.3 is 6.36 Å². The first-order valence-corrected chi connectivity index (χ1v) is 9.87. The number of alkyl halides is 3. The highest BCUT2D eigenvalue weighted by molar-refractivity contribution is 6.30. The quantitative estimate of drug-likeness (QED) is 0.663. The van der Waals surface area contributed by atoms with Gasteiger partial charge in [-0.05, 0) is 29.8 Å². The second-order valence-electron chi connectivity index (χ2n) is 7.28. The van der Waals surface area contributed by atoms with E-state index < -0.39 is 12.7 Å². The van der Waals surface area contributed by atoms with E-state index in [9.17, 15) is 13.2 Å². The lowest BCUT2D eigenvalue weighted by atomic mass is 10.2. The molecule has 2 heterocycles. The van der Waals surface area contributed by atoms with Crippen LogP contribution in [0.25, 0.3) is 0 Å². The van der Waals surface area contributed by atoms with E-state index in [1.54, 1.807) is 6.07 Å². The van der Waals surface area contributed by atoms with Gasteiger partial charge in [-0.25, -0.2) is 0 Å². The Bertz CT molecular complexity index is 968. The van der Waals surface area contributed by atoms with Gasteiger partial charge in [0, 0.05) is 31.7 Å². The van der Waals surface area contributed by atoms with Crippen LogP contribution in [0.5, 0.6) is 11.5 Å². The second-order valence-corrected chi connectivity index (χ2v) is 7.71. The molecule has 0 radical (unpaired) electrons. The first-order valence-electron chi connectivity index (χ1n) is 9.50. The van der Waals surface area contributed by atoms with Crippen LogP contribution in [0.1, 0.15) is 5.56 Å². The second kappa shape index (κ2) is 8.39. The number of rotatable bonds is 5. The van der Waals surface area contributed by atoms with Crippen LogP contribution in [0.3, 0.4) is 0 Å². The number of benzene rings is 2. The molecule has 31 heavy (non-hydrogen) atoms. The minimum Gasteiger partial charge on any atom is -0.452 e. The molecule has 10 heteroatoms. The van der Waals surface area contributed by atoms with Gasteiger partial charge in [0.05, 0.1) is 12.3 Å². The summed E-state index contributed by atoms with van der Waals surface area (Å²) < 4.78 is 53.7. The molecule has 6 nitrogen and oxygen atoms in total. The molecule has 2 aliphatic rings. The molecule has 0 N–H and O–H groups in total. The summed E-state index contributed by atoms with van der Waals surface area (Å²) in [5, 5.41) is 0.636. The minimum atomic E-state index is -4.77. The van der Waals surface area contributed by atoms with Crippen molar-refractivity contribution in [3.8, 4) is 11.5 Å². The average Bonchev–Trinajstić information content (AvgIpc) is 2.95. The third-order valence-electron chi connectivity index (χ3n) is 4.97. The zero-order valence-electron chi connectivity index (χ0n) is 16.9. The zero-order chi connectivity index (χ0) is 22.2.